The van der Waals surface area contributed by atoms with Gasteiger partial charge in [0.2, 0.25) is 0 Å². The molecule has 11 nitrogen and oxygen atoms in total. The van der Waals surface area contributed by atoms with Gasteiger partial charge in [0, 0.05) is 6.92 Å². The van der Waals surface area contributed by atoms with Gasteiger partial charge in [-0.3, -0.25) is 4.79 Å². The van der Waals surface area contributed by atoms with Crippen molar-refractivity contribution in [1.29, 1.82) is 0 Å². The van der Waals surface area contributed by atoms with E-state index in [0.29, 0.717) is 0 Å². The highest BCUT2D eigenvalue weighted by Crippen LogP contribution is 2.41. The van der Waals surface area contributed by atoms with E-state index in [9.17, 15) is 25.0 Å². The van der Waals surface area contributed by atoms with E-state index >= 15 is 0 Å². The van der Waals surface area contributed by atoms with Crippen LogP contribution in [0.3, 0.4) is 0 Å². The van der Waals surface area contributed by atoms with Gasteiger partial charge in [0.15, 0.2) is 6.10 Å². The van der Waals surface area contributed by atoms with Gasteiger partial charge in [0.1, 0.15) is 6.10 Å². The molecule has 0 saturated carbocycles. The average Bonchev–Trinajstić information content (AvgIpc) is 2.28. The van der Waals surface area contributed by atoms with E-state index < -0.39 is 39.4 Å². The summed E-state index contributed by atoms with van der Waals surface area (Å²) < 4.78 is 0. The lowest BCUT2D eigenvalue weighted by molar-refractivity contribution is -0.804. The Hall–Kier alpha value is -2.17. The van der Waals surface area contributed by atoms with Gasteiger partial charge in [-0.1, -0.05) is 0 Å². The van der Waals surface area contributed by atoms with E-state index in [4.69, 9.17) is 4.84 Å². The predicted molar refractivity (Wildman–Crippen MR) is 70.1 cm³/mol. The maximum absolute atomic E-state index is 11.3. The van der Waals surface area contributed by atoms with Gasteiger partial charge in [-0.15, -0.1) is 25.3 Å². The standard InChI is InChI=1S/C11H19N3O8/c1-7(15)20-12-10(2,3)6-8(21-13(16)17)9(11(12,4)5)22-14(18)19/h8-9H,6H2,1-5H3. The van der Waals surface area contributed by atoms with Gasteiger partial charge in [0.05, 0.1) is 11.1 Å². The van der Waals surface area contributed by atoms with Gasteiger partial charge in [-0.05, 0) is 34.1 Å². The second-order valence-corrected chi connectivity index (χ2v) is 6.16. The van der Waals surface area contributed by atoms with Crippen molar-refractivity contribution in [3.63, 3.8) is 0 Å². The molecular weight excluding hydrogens is 302 g/mol. The molecule has 2 unspecified atom stereocenters. The van der Waals surface area contributed by atoms with Gasteiger partial charge < -0.3 is 14.5 Å². The van der Waals surface area contributed by atoms with Gasteiger partial charge >= 0.3 is 5.97 Å². The van der Waals surface area contributed by atoms with Crippen LogP contribution in [0.15, 0.2) is 0 Å². The number of hydrogen-bond donors (Lipinski definition) is 0. The predicted octanol–water partition coefficient (Wildman–Crippen LogP) is 0.881. The fraction of sp³-hybridized carbons (Fsp3) is 0.909. The number of carbonyl (C=O) groups is 1. The molecule has 11 heteroatoms. The highest BCUT2D eigenvalue weighted by molar-refractivity contribution is 5.65. The summed E-state index contributed by atoms with van der Waals surface area (Å²) in [5.74, 6) is -0.616. The van der Waals surface area contributed by atoms with Crippen LogP contribution in [-0.2, 0) is 19.3 Å². The minimum absolute atomic E-state index is 0.0107. The van der Waals surface area contributed by atoms with E-state index in [1.807, 2.05) is 0 Å². The third-order valence-electron chi connectivity index (χ3n) is 3.45. The normalized spacial score (nSPS) is 26.8. The Morgan fingerprint density at radius 1 is 1.14 bits per heavy atom. The van der Waals surface area contributed by atoms with E-state index in [1.54, 1.807) is 13.8 Å². The van der Waals surface area contributed by atoms with Crippen LogP contribution in [0.2, 0.25) is 0 Å². The van der Waals surface area contributed by atoms with Crippen molar-refractivity contribution in [1.82, 2.24) is 5.06 Å². The zero-order valence-corrected chi connectivity index (χ0v) is 13.0. The van der Waals surface area contributed by atoms with E-state index in [2.05, 4.69) is 9.68 Å². The number of hydrogen-bond acceptors (Lipinski definition) is 9. The summed E-state index contributed by atoms with van der Waals surface area (Å²) in [5.41, 5.74) is -2.09. The topological polar surface area (TPSA) is 134 Å². The maximum Gasteiger partial charge on any atom is 0.322 e. The Balaban J connectivity index is 3.23. The quantitative estimate of drug-likeness (QED) is 0.534. The smallest absolute Gasteiger partial charge is 0.322 e. The molecule has 1 rings (SSSR count). The highest BCUT2D eigenvalue weighted by atomic mass is 17.0. The van der Waals surface area contributed by atoms with E-state index in [1.165, 1.54) is 25.8 Å². The van der Waals surface area contributed by atoms with E-state index in [0.717, 1.165) is 0 Å². The Morgan fingerprint density at radius 2 is 1.64 bits per heavy atom. The Morgan fingerprint density at radius 3 is 2.05 bits per heavy atom. The first-order valence-corrected chi connectivity index (χ1v) is 6.49. The molecule has 1 heterocycles. The fourth-order valence-corrected chi connectivity index (χ4v) is 2.90. The van der Waals surface area contributed by atoms with Crippen LogP contribution < -0.4 is 0 Å². The number of nitrogens with zero attached hydrogens (tertiary/aromatic N) is 3. The fourth-order valence-electron chi connectivity index (χ4n) is 2.90. The molecule has 1 aliphatic rings. The van der Waals surface area contributed by atoms with Crippen molar-refractivity contribution < 1.29 is 29.5 Å². The van der Waals surface area contributed by atoms with Gasteiger partial charge in [-0.2, -0.15) is 0 Å². The molecule has 0 N–H and O–H groups in total. The van der Waals surface area contributed by atoms with Crippen molar-refractivity contribution in [2.75, 3.05) is 0 Å². The van der Waals surface area contributed by atoms with Crippen LogP contribution in [0.1, 0.15) is 41.0 Å². The molecule has 0 aromatic rings. The van der Waals surface area contributed by atoms with Crippen LogP contribution in [0.5, 0.6) is 0 Å². The summed E-state index contributed by atoms with van der Waals surface area (Å²) in [5, 5.41) is 20.5. The molecule has 22 heavy (non-hydrogen) atoms. The van der Waals surface area contributed by atoms with Gasteiger partial charge in [-0.25, -0.2) is 0 Å². The van der Waals surface area contributed by atoms with Crippen LogP contribution in [0.25, 0.3) is 0 Å². The second-order valence-electron chi connectivity index (χ2n) is 6.16. The zero-order chi connectivity index (χ0) is 17.3. The summed E-state index contributed by atoms with van der Waals surface area (Å²) in [6.07, 6.45) is -2.51. The molecule has 0 aromatic heterocycles. The van der Waals surface area contributed by atoms with Gasteiger partial charge in [0.25, 0.3) is 10.2 Å². The minimum Gasteiger partial charge on any atom is -0.367 e. The molecule has 0 amide bonds. The van der Waals surface area contributed by atoms with Crippen molar-refractivity contribution in [3.8, 4) is 0 Å². The molecular formula is C11H19N3O8. The molecule has 1 fully saturated rings. The van der Waals surface area contributed by atoms with Crippen molar-refractivity contribution in [2.24, 2.45) is 0 Å². The molecule has 0 aliphatic carbocycles. The lowest BCUT2D eigenvalue weighted by atomic mass is 9.78. The molecule has 2 atom stereocenters. The van der Waals surface area contributed by atoms with Crippen LogP contribution in [0.4, 0.5) is 0 Å². The molecule has 0 radical (unpaired) electrons. The maximum atomic E-state index is 11.3. The van der Waals surface area contributed by atoms with Crippen molar-refractivity contribution in [2.45, 2.75) is 64.3 Å². The summed E-state index contributed by atoms with van der Waals surface area (Å²) in [7, 11) is 0. The lowest BCUT2D eigenvalue weighted by Crippen LogP contribution is -2.70. The number of hydroxylamine groups is 2. The molecule has 1 aliphatic heterocycles. The van der Waals surface area contributed by atoms with Crippen LogP contribution in [0, 0.1) is 20.2 Å². The zero-order valence-electron chi connectivity index (χ0n) is 13.0. The monoisotopic (exact) mass is 321 g/mol. The van der Waals surface area contributed by atoms with Crippen LogP contribution >= 0.6 is 0 Å². The van der Waals surface area contributed by atoms with Crippen molar-refractivity contribution in [3.05, 3.63) is 20.2 Å². The molecule has 1 saturated heterocycles. The van der Waals surface area contributed by atoms with E-state index in [-0.39, 0.29) is 6.42 Å². The number of carbonyl (C=O) groups excluding carboxylic acids is 1. The van der Waals surface area contributed by atoms with Crippen molar-refractivity contribution >= 4 is 5.97 Å². The Kier molecular flexibility index (Phi) is 4.80. The highest BCUT2D eigenvalue weighted by Gasteiger charge is 2.57. The molecule has 0 aromatic carbocycles. The summed E-state index contributed by atoms with van der Waals surface area (Å²) in [6.45, 7) is 7.57. The SMILES string of the molecule is CC(=O)ON1C(C)(C)CC(O[N+](=O)[O-])C(O[N+](=O)[O-])C1(C)C. The third kappa shape index (κ3) is 3.72. The second kappa shape index (κ2) is 5.91. The first kappa shape index (κ1) is 17.9. The third-order valence-corrected chi connectivity index (χ3v) is 3.45. The Labute approximate surface area is 126 Å². The number of rotatable bonds is 5. The minimum atomic E-state index is -1.32. The summed E-state index contributed by atoms with van der Waals surface area (Å²) in [6, 6.07) is 0. The summed E-state index contributed by atoms with van der Waals surface area (Å²) >= 11 is 0. The Bertz CT molecular complexity index is 478. The first-order chi connectivity index (χ1) is 9.87. The lowest BCUT2D eigenvalue weighted by Gasteiger charge is -2.54. The molecule has 126 valence electrons. The largest absolute Gasteiger partial charge is 0.367 e. The molecule has 0 spiro atoms. The summed E-state index contributed by atoms with van der Waals surface area (Å²) in [4.78, 5) is 46.9. The average molecular weight is 321 g/mol. The number of piperidine rings is 1. The van der Waals surface area contributed by atoms with Crippen LogP contribution in [-0.4, -0.2) is 44.5 Å². The first-order valence-electron chi connectivity index (χ1n) is 6.49. The molecule has 0 bridgehead atoms.